The second-order valence-electron chi connectivity index (χ2n) is 3.76. The number of amides is 1. The molecule has 0 atom stereocenters. The van der Waals surface area contributed by atoms with Crippen LogP contribution >= 0.6 is 23.2 Å². The lowest BCUT2D eigenvalue weighted by Crippen LogP contribution is -2.48. The number of aromatic nitrogens is 1. The highest BCUT2D eigenvalue weighted by Gasteiger charge is 2.32. The number of halogens is 2. The summed E-state index contributed by atoms with van der Waals surface area (Å²) >= 11 is 11.4. The van der Waals surface area contributed by atoms with Crippen LogP contribution in [0.15, 0.2) is 6.07 Å². The molecule has 1 aromatic heterocycles. The smallest absolute Gasteiger partial charge is 0.340 e. The Morgan fingerprint density at radius 2 is 1.71 bits per heavy atom. The fourth-order valence-electron chi connectivity index (χ4n) is 1.40. The molecule has 1 heterocycles. The van der Waals surface area contributed by atoms with Gasteiger partial charge in [0.25, 0.3) is 5.91 Å². The zero-order valence-corrected chi connectivity index (χ0v) is 12.9. The molecule has 21 heavy (non-hydrogen) atoms. The molecule has 0 saturated carbocycles. The Balaban J connectivity index is 2.87. The molecule has 1 aromatic rings. The van der Waals surface area contributed by atoms with Gasteiger partial charge in [0.05, 0.1) is 18.2 Å². The van der Waals surface area contributed by atoms with Gasteiger partial charge in [0, 0.05) is 0 Å². The number of nitrogens with one attached hydrogen (secondary N) is 2. The number of H-pyrrole nitrogens is 1. The molecule has 0 aromatic carbocycles. The van der Waals surface area contributed by atoms with Crippen molar-refractivity contribution in [2.75, 3.05) is 13.2 Å². The molecule has 0 aliphatic rings. The predicted molar refractivity (Wildman–Crippen MR) is 75.3 cm³/mol. The molecule has 2 N–H and O–H groups in total. The molecule has 0 aliphatic carbocycles. The summed E-state index contributed by atoms with van der Waals surface area (Å²) in [5.74, 6) is -2.56. The Kier molecular flexibility index (Phi) is 6.51. The summed E-state index contributed by atoms with van der Waals surface area (Å²) in [5, 5.41) is 2.43. The molecule has 0 unspecified atom stereocenters. The zero-order chi connectivity index (χ0) is 16.0. The maximum absolute atomic E-state index is 12.0. The Hall–Kier alpha value is -1.73. The van der Waals surface area contributed by atoms with Crippen molar-refractivity contribution in [2.24, 2.45) is 0 Å². The van der Waals surface area contributed by atoms with E-state index in [1.165, 1.54) is 6.07 Å². The van der Waals surface area contributed by atoms with Crippen LogP contribution in [0.3, 0.4) is 0 Å². The topological polar surface area (TPSA) is 97.5 Å². The van der Waals surface area contributed by atoms with Crippen LogP contribution in [0.4, 0.5) is 0 Å². The monoisotopic (exact) mass is 336 g/mol. The van der Waals surface area contributed by atoms with Gasteiger partial charge in [-0.25, -0.2) is 9.59 Å². The van der Waals surface area contributed by atoms with Crippen molar-refractivity contribution in [3.8, 4) is 0 Å². The summed E-state index contributed by atoms with van der Waals surface area (Å²) < 4.78 is 9.44. The van der Waals surface area contributed by atoms with Gasteiger partial charge in [-0.2, -0.15) is 0 Å². The number of aromatic amines is 1. The largest absolute Gasteiger partial charge is 0.464 e. The summed E-state index contributed by atoms with van der Waals surface area (Å²) in [7, 11) is 0. The van der Waals surface area contributed by atoms with Gasteiger partial charge in [0.1, 0.15) is 10.8 Å². The van der Waals surface area contributed by atoms with Gasteiger partial charge >= 0.3 is 11.9 Å². The van der Waals surface area contributed by atoms with Crippen LogP contribution in [0.1, 0.15) is 24.3 Å². The first kappa shape index (κ1) is 17.3. The van der Waals surface area contributed by atoms with Crippen LogP contribution in [-0.4, -0.2) is 42.1 Å². The van der Waals surface area contributed by atoms with Crippen LogP contribution in [-0.2, 0) is 19.1 Å². The van der Waals surface area contributed by atoms with E-state index >= 15 is 0 Å². The maximum atomic E-state index is 12.0. The molecule has 0 radical (unpaired) electrons. The van der Waals surface area contributed by atoms with Gasteiger partial charge in [-0.1, -0.05) is 23.2 Å². The quantitative estimate of drug-likeness (QED) is 0.606. The SMILES string of the molecule is CCOC(=O)C(NC(=O)c1cc(Cl)c(Cl)[nH]1)C(=O)OCC. The number of hydrogen-bond donors (Lipinski definition) is 2. The Bertz CT molecular complexity index is 506. The van der Waals surface area contributed by atoms with Crippen molar-refractivity contribution >= 4 is 41.0 Å². The molecular weight excluding hydrogens is 323 g/mol. The molecule has 0 fully saturated rings. The summed E-state index contributed by atoms with van der Waals surface area (Å²) in [6, 6.07) is -0.287. The second-order valence-corrected chi connectivity index (χ2v) is 4.54. The van der Waals surface area contributed by atoms with E-state index in [4.69, 9.17) is 32.7 Å². The van der Waals surface area contributed by atoms with Gasteiger partial charge in [-0.05, 0) is 19.9 Å². The first-order valence-corrected chi connectivity index (χ1v) is 6.84. The Labute approximate surface area is 130 Å². The molecule has 0 saturated heterocycles. The van der Waals surface area contributed by atoms with Crippen molar-refractivity contribution in [2.45, 2.75) is 19.9 Å². The molecule has 9 heteroatoms. The number of rotatable bonds is 6. The van der Waals surface area contributed by atoms with E-state index in [0.29, 0.717) is 0 Å². The third-order valence-electron chi connectivity index (χ3n) is 2.29. The molecule has 0 bridgehead atoms. The average molecular weight is 337 g/mol. The van der Waals surface area contributed by atoms with Gasteiger partial charge < -0.3 is 19.8 Å². The molecule has 116 valence electrons. The molecule has 0 spiro atoms. The van der Waals surface area contributed by atoms with Crippen molar-refractivity contribution < 1.29 is 23.9 Å². The minimum absolute atomic E-state index is 0.00333. The van der Waals surface area contributed by atoms with Crippen LogP contribution in [0.5, 0.6) is 0 Å². The van der Waals surface area contributed by atoms with E-state index in [0.717, 1.165) is 0 Å². The van der Waals surface area contributed by atoms with Crippen LogP contribution in [0.2, 0.25) is 10.2 Å². The van der Waals surface area contributed by atoms with Crippen molar-refractivity contribution in [1.82, 2.24) is 10.3 Å². The summed E-state index contributed by atoms with van der Waals surface area (Å²) in [4.78, 5) is 37.9. The van der Waals surface area contributed by atoms with E-state index in [9.17, 15) is 14.4 Å². The zero-order valence-electron chi connectivity index (χ0n) is 11.4. The Morgan fingerprint density at radius 3 is 2.10 bits per heavy atom. The highest BCUT2D eigenvalue weighted by atomic mass is 35.5. The van der Waals surface area contributed by atoms with Gasteiger partial charge in [0.15, 0.2) is 0 Å². The number of esters is 2. The van der Waals surface area contributed by atoms with E-state index in [2.05, 4.69) is 10.3 Å². The summed E-state index contributed by atoms with van der Waals surface area (Å²) in [5.41, 5.74) is 0.00333. The van der Waals surface area contributed by atoms with E-state index in [1.807, 2.05) is 0 Å². The highest BCUT2D eigenvalue weighted by molar-refractivity contribution is 6.41. The Morgan fingerprint density at radius 1 is 1.19 bits per heavy atom. The predicted octanol–water partition coefficient (Wildman–Crippen LogP) is 1.55. The molecule has 1 rings (SSSR count). The van der Waals surface area contributed by atoms with Crippen LogP contribution in [0, 0.1) is 0 Å². The lowest BCUT2D eigenvalue weighted by molar-refractivity contribution is -0.157. The maximum Gasteiger partial charge on any atom is 0.340 e. The molecule has 7 nitrogen and oxygen atoms in total. The van der Waals surface area contributed by atoms with Crippen molar-refractivity contribution in [3.05, 3.63) is 21.9 Å². The van der Waals surface area contributed by atoms with E-state index in [-0.39, 0.29) is 29.1 Å². The standard InChI is InChI=1S/C12H14Cl2N2O5/c1-3-20-11(18)8(12(19)21-4-2)16-10(17)7-5-6(13)9(14)15-7/h5,8,15H,3-4H2,1-2H3,(H,16,17). The summed E-state index contributed by atoms with van der Waals surface area (Å²) in [6.07, 6.45) is 0. The fourth-order valence-corrected chi connectivity index (χ4v) is 1.71. The number of carbonyl (C=O) groups is 3. The third kappa shape index (κ3) is 4.64. The molecular formula is C12H14Cl2N2O5. The number of hydrogen-bond acceptors (Lipinski definition) is 5. The summed E-state index contributed by atoms with van der Waals surface area (Å²) in [6.45, 7) is 3.27. The molecule has 0 aliphatic heterocycles. The number of carbonyl (C=O) groups excluding carboxylic acids is 3. The van der Waals surface area contributed by atoms with Crippen LogP contribution < -0.4 is 5.32 Å². The first-order chi connectivity index (χ1) is 9.90. The normalized spacial score (nSPS) is 10.3. The second kappa shape index (κ2) is 7.90. The lowest BCUT2D eigenvalue weighted by atomic mass is 10.2. The van der Waals surface area contributed by atoms with Gasteiger partial charge in [-0.15, -0.1) is 0 Å². The van der Waals surface area contributed by atoms with Crippen molar-refractivity contribution in [1.29, 1.82) is 0 Å². The highest BCUT2D eigenvalue weighted by Crippen LogP contribution is 2.21. The minimum Gasteiger partial charge on any atom is -0.464 e. The first-order valence-electron chi connectivity index (χ1n) is 6.08. The minimum atomic E-state index is -1.56. The lowest BCUT2D eigenvalue weighted by Gasteiger charge is -2.15. The van der Waals surface area contributed by atoms with E-state index < -0.39 is 23.9 Å². The third-order valence-corrected chi connectivity index (χ3v) is 2.98. The van der Waals surface area contributed by atoms with Crippen molar-refractivity contribution in [3.63, 3.8) is 0 Å². The molecule has 1 amide bonds. The van der Waals surface area contributed by atoms with Crippen LogP contribution in [0.25, 0.3) is 0 Å². The van der Waals surface area contributed by atoms with Gasteiger partial charge in [0.2, 0.25) is 6.04 Å². The number of ether oxygens (including phenoxy) is 2. The fraction of sp³-hybridized carbons (Fsp3) is 0.417. The van der Waals surface area contributed by atoms with Gasteiger partial charge in [-0.3, -0.25) is 4.79 Å². The average Bonchev–Trinajstić information content (AvgIpc) is 2.76. The van der Waals surface area contributed by atoms with E-state index in [1.54, 1.807) is 13.8 Å².